The Morgan fingerprint density at radius 2 is 1.81 bits per heavy atom. The normalized spacial score (nSPS) is 7.12. The summed E-state index contributed by atoms with van der Waals surface area (Å²) in [6.45, 7) is 10.0. The highest BCUT2D eigenvalue weighted by atomic mass is 16.5. The summed E-state index contributed by atoms with van der Waals surface area (Å²) in [5.41, 5.74) is 0. The van der Waals surface area contributed by atoms with Gasteiger partial charge < -0.3 is 4.74 Å². The van der Waals surface area contributed by atoms with Crippen molar-refractivity contribution in [1.29, 1.82) is 0 Å². The largest absolute Gasteiger partial charge is 0.385 e. The number of carbonyl (C=O) groups excluding carboxylic acids is 1. The molecular formula is C14H28O2. The summed E-state index contributed by atoms with van der Waals surface area (Å²) in [6.07, 6.45) is 4.23. The molecule has 0 bridgehead atoms. The number of ether oxygens (including phenoxy) is 1. The first-order chi connectivity index (χ1) is 7.10. The molecule has 96 valence electrons. The highest BCUT2D eigenvalue weighted by molar-refractivity contribution is 5.87. The lowest BCUT2D eigenvalue weighted by Gasteiger charge is -1.76. The van der Waals surface area contributed by atoms with E-state index in [0.717, 1.165) is 13.0 Å². The number of rotatable bonds is 2. The smallest absolute Gasteiger partial charge is 0.152 e. The summed E-state index contributed by atoms with van der Waals surface area (Å²) in [5.74, 6) is 5.74. The van der Waals surface area contributed by atoms with Crippen molar-refractivity contribution in [1.82, 2.24) is 0 Å². The molecule has 0 aromatic heterocycles. The lowest BCUT2D eigenvalue weighted by atomic mass is 10.4. The monoisotopic (exact) mass is 228 g/mol. The van der Waals surface area contributed by atoms with E-state index in [1.54, 1.807) is 13.2 Å². The second kappa shape index (κ2) is 29.2. The fourth-order valence-corrected chi connectivity index (χ4v) is 0.411. The Morgan fingerprint density at radius 1 is 1.38 bits per heavy atom. The molecule has 2 nitrogen and oxygen atoms in total. The van der Waals surface area contributed by atoms with Crippen molar-refractivity contribution in [2.45, 2.75) is 48.5 Å². The molecule has 0 saturated carbocycles. The molecule has 2 heteroatoms. The average molecular weight is 228 g/mol. The number of methoxy groups -OCH3 is 1. The van der Waals surface area contributed by atoms with Crippen molar-refractivity contribution in [3.63, 3.8) is 0 Å². The Bertz CT molecular complexity index is 193. The van der Waals surface area contributed by atoms with E-state index in [0.29, 0.717) is 0 Å². The minimum absolute atomic E-state index is 0. The van der Waals surface area contributed by atoms with Gasteiger partial charge in [-0.2, -0.15) is 0 Å². The molecule has 0 aliphatic rings. The van der Waals surface area contributed by atoms with Gasteiger partial charge in [0.2, 0.25) is 0 Å². The molecule has 0 amide bonds. The van der Waals surface area contributed by atoms with E-state index in [9.17, 15) is 4.79 Å². The first kappa shape index (κ1) is 24.3. The number of ketones is 1. The summed E-state index contributed by atoms with van der Waals surface area (Å²) in [5, 5.41) is 0. The number of allylic oxidation sites excluding steroid dienone is 2. The maximum atomic E-state index is 9.96. The average Bonchev–Trinajstić information content (AvgIpc) is 2.20. The van der Waals surface area contributed by atoms with Crippen molar-refractivity contribution in [3.05, 3.63) is 12.2 Å². The van der Waals surface area contributed by atoms with Crippen LogP contribution in [0.2, 0.25) is 0 Å². The van der Waals surface area contributed by atoms with Crippen LogP contribution in [0.25, 0.3) is 0 Å². The van der Waals surface area contributed by atoms with E-state index in [2.05, 4.69) is 16.6 Å². The van der Waals surface area contributed by atoms with Crippen LogP contribution in [0.1, 0.15) is 48.5 Å². The molecule has 0 saturated heterocycles. The molecule has 0 aliphatic carbocycles. The molecule has 0 atom stereocenters. The van der Waals surface area contributed by atoms with Gasteiger partial charge in [0.25, 0.3) is 0 Å². The zero-order valence-corrected chi connectivity index (χ0v) is 10.9. The first-order valence-corrected chi connectivity index (χ1v) is 5.12. The predicted octanol–water partition coefficient (Wildman–Crippen LogP) is 3.86. The van der Waals surface area contributed by atoms with Crippen LogP contribution in [0.15, 0.2) is 12.2 Å². The van der Waals surface area contributed by atoms with Gasteiger partial charge in [-0.25, -0.2) is 0 Å². The van der Waals surface area contributed by atoms with Gasteiger partial charge in [0.1, 0.15) is 0 Å². The number of carbonyl (C=O) groups is 1. The van der Waals surface area contributed by atoms with Gasteiger partial charge in [0.05, 0.1) is 0 Å². The van der Waals surface area contributed by atoms with Crippen LogP contribution >= 0.6 is 0 Å². The molecule has 16 heavy (non-hydrogen) atoms. The molecule has 0 fully saturated rings. The van der Waals surface area contributed by atoms with E-state index in [4.69, 9.17) is 0 Å². The lowest BCUT2D eigenvalue weighted by Crippen LogP contribution is -1.76. The Kier molecular flexibility index (Phi) is 44.3. The van der Waals surface area contributed by atoms with Crippen molar-refractivity contribution in [2.24, 2.45) is 0 Å². The lowest BCUT2D eigenvalue weighted by molar-refractivity contribution is -0.112. The molecule has 0 rings (SSSR count). The molecule has 0 aromatic rings. The third-order valence-corrected chi connectivity index (χ3v) is 1.04. The van der Waals surface area contributed by atoms with Gasteiger partial charge in [0, 0.05) is 20.1 Å². The predicted molar refractivity (Wildman–Crippen MR) is 73.5 cm³/mol. The third kappa shape index (κ3) is 75.7. The standard InChI is InChI=1S/C5H8O.C5H8.C3H8O.CH4/c1-3-4-5(2)6;1-3-5-4-2;1-3-4-2;/h3-4H,1-2H3;3H2,1-2H3;3H2,1-2H3;1H4/b4-3+;;;. The number of hydrogen-bond donors (Lipinski definition) is 0. The Morgan fingerprint density at radius 3 is 1.81 bits per heavy atom. The van der Waals surface area contributed by atoms with Gasteiger partial charge in [-0.15, -0.1) is 11.8 Å². The summed E-state index contributed by atoms with van der Waals surface area (Å²) in [7, 11) is 1.68. The third-order valence-electron chi connectivity index (χ3n) is 1.04. The topological polar surface area (TPSA) is 26.3 Å². The minimum atomic E-state index is 0. The van der Waals surface area contributed by atoms with Gasteiger partial charge >= 0.3 is 0 Å². The van der Waals surface area contributed by atoms with Gasteiger partial charge in [0.15, 0.2) is 5.78 Å². The second-order valence-electron chi connectivity index (χ2n) is 2.47. The molecule has 0 N–H and O–H groups in total. The van der Waals surface area contributed by atoms with Crippen LogP contribution in [0.3, 0.4) is 0 Å². The minimum Gasteiger partial charge on any atom is -0.385 e. The first-order valence-electron chi connectivity index (χ1n) is 5.12. The molecule has 0 aromatic carbocycles. The van der Waals surface area contributed by atoms with Crippen molar-refractivity contribution >= 4 is 5.78 Å². The van der Waals surface area contributed by atoms with Crippen molar-refractivity contribution < 1.29 is 9.53 Å². The van der Waals surface area contributed by atoms with Crippen molar-refractivity contribution in [2.75, 3.05) is 13.7 Å². The van der Waals surface area contributed by atoms with Crippen molar-refractivity contribution in [3.8, 4) is 11.8 Å². The molecule has 0 aliphatic heterocycles. The van der Waals surface area contributed by atoms with Gasteiger partial charge in [-0.05, 0) is 33.8 Å². The fourth-order valence-electron chi connectivity index (χ4n) is 0.411. The zero-order chi connectivity index (χ0) is 12.5. The van der Waals surface area contributed by atoms with E-state index >= 15 is 0 Å². The second-order valence-corrected chi connectivity index (χ2v) is 2.47. The van der Waals surface area contributed by atoms with Crippen LogP contribution in [-0.4, -0.2) is 19.5 Å². The number of hydrogen-bond acceptors (Lipinski definition) is 2. The van der Waals surface area contributed by atoms with Crippen LogP contribution < -0.4 is 0 Å². The quantitative estimate of drug-likeness (QED) is 0.530. The van der Waals surface area contributed by atoms with Crippen LogP contribution in [-0.2, 0) is 9.53 Å². The molecule has 0 spiro atoms. The highest BCUT2D eigenvalue weighted by Crippen LogP contribution is 1.69. The molecule has 0 radical (unpaired) electrons. The zero-order valence-electron chi connectivity index (χ0n) is 10.9. The van der Waals surface area contributed by atoms with E-state index in [1.165, 1.54) is 13.0 Å². The summed E-state index contributed by atoms with van der Waals surface area (Å²) in [4.78, 5) is 9.96. The highest BCUT2D eigenvalue weighted by Gasteiger charge is 1.73. The molecule has 0 heterocycles. The fraction of sp³-hybridized carbons (Fsp3) is 0.643. The van der Waals surface area contributed by atoms with Gasteiger partial charge in [-0.1, -0.05) is 20.4 Å². The van der Waals surface area contributed by atoms with Crippen LogP contribution in [0.5, 0.6) is 0 Å². The summed E-state index contributed by atoms with van der Waals surface area (Å²) < 4.78 is 4.54. The van der Waals surface area contributed by atoms with Crippen LogP contribution in [0, 0.1) is 11.8 Å². The Hall–Kier alpha value is -1.07. The van der Waals surface area contributed by atoms with E-state index in [1.807, 2.05) is 27.7 Å². The van der Waals surface area contributed by atoms with Crippen LogP contribution in [0.4, 0.5) is 0 Å². The molecular weight excluding hydrogens is 200 g/mol. The van der Waals surface area contributed by atoms with E-state index in [-0.39, 0.29) is 13.2 Å². The Balaban J connectivity index is -0.0000000668. The summed E-state index contributed by atoms with van der Waals surface area (Å²) in [6, 6.07) is 0. The Labute approximate surface area is 102 Å². The molecule has 0 unspecified atom stereocenters. The maximum Gasteiger partial charge on any atom is 0.152 e. The summed E-state index contributed by atoms with van der Waals surface area (Å²) >= 11 is 0. The van der Waals surface area contributed by atoms with E-state index < -0.39 is 0 Å². The van der Waals surface area contributed by atoms with Gasteiger partial charge in [-0.3, -0.25) is 4.79 Å². The SMILES string of the molecule is C.C/C=C/C(C)=O.CC#CCC.CCOC. The maximum absolute atomic E-state index is 9.96.